The molecule has 2 aliphatic rings. The van der Waals surface area contributed by atoms with E-state index in [1.165, 1.54) is 58.2 Å². The molecule has 0 radical (unpaired) electrons. The lowest BCUT2D eigenvalue weighted by Crippen LogP contribution is -2.28. The number of benzene rings is 7. The summed E-state index contributed by atoms with van der Waals surface area (Å²) >= 11 is 0. The normalized spacial score (nSPS) is 13.6. The molecule has 0 saturated heterocycles. The number of hydrogen-bond donors (Lipinski definition) is 0. The molecule has 0 atom stereocenters. The fourth-order valence-corrected chi connectivity index (χ4v) is 9.74. The standard InChI is InChI=1S/C57H41N5/c58-36-38-20-27-52-51(31-38)50-26-25-47(35-53(50)57(52)28-5-2-6-29-57)45-16-8-14-43(33-45)42-13-7-15-44(32-42)46-17-9-18-48(34-46)56-61-54(40-11-3-1-4-12-40)60-55(62-56)41-23-21-39(22-24-41)49-19-10-30-59-37-49/h1,3-4,7-27,30-35,37H,2,5-6,28-29H2. The second-order valence-electron chi connectivity index (χ2n) is 16.5. The molecule has 2 heterocycles. The molecule has 0 bridgehead atoms. The van der Waals surface area contributed by atoms with E-state index in [9.17, 15) is 5.26 Å². The zero-order chi connectivity index (χ0) is 41.5. The number of nitrogens with zero attached hydrogens (tertiary/aromatic N) is 5. The van der Waals surface area contributed by atoms with Crippen LogP contribution in [-0.4, -0.2) is 19.9 Å². The Bertz CT molecular complexity index is 3160. The number of rotatable bonds is 7. The van der Waals surface area contributed by atoms with Crippen LogP contribution in [0.2, 0.25) is 0 Å². The summed E-state index contributed by atoms with van der Waals surface area (Å²) in [5, 5.41) is 9.74. The molecule has 5 heteroatoms. The second kappa shape index (κ2) is 15.7. The molecule has 1 fully saturated rings. The molecule has 0 amide bonds. The maximum absolute atomic E-state index is 9.74. The van der Waals surface area contributed by atoms with Crippen LogP contribution in [0.3, 0.4) is 0 Å². The van der Waals surface area contributed by atoms with Crippen molar-refractivity contribution in [1.82, 2.24) is 19.9 Å². The molecule has 7 aromatic carbocycles. The molecule has 5 nitrogen and oxygen atoms in total. The van der Waals surface area contributed by atoms with Crippen molar-refractivity contribution < 1.29 is 0 Å². The molecular weight excluding hydrogens is 755 g/mol. The van der Waals surface area contributed by atoms with Gasteiger partial charge >= 0.3 is 0 Å². The summed E-state index contributed by atoms with van der Waals surface area (Å²) in [6.45, 7) is 0. The van der Waals surface area contributed by atoms with Gasteiger partial charge in [-0.2, -0.15) is 5.26 Å². The fourth-order valence-electron chi connectivity index (χ4n) is 9.74. The summed E-state index contributed by atoms with van der Waals surface area (Å²) in [5.41, 5.74) is 17.9. The van der Waals surface area contributed by atoms with Gasteiger partial charge < -0.3 is 0 Å². The second-order valence-corrected chi connectivity index (χ2v) is 16.5. The van der Waals surface area contributed by atoms with Crippen LogP contribution in [0.1, 0.15) is 48.8 Å². The lowest BCUT2D eigenvalue weighted by Gasteiger charge is -2.36. The van der Waals surface area contributed by atoms with Gasteiger partial charge in [0.05, 0.1) is 11.6 Å². The Labute approximate surface area is 362 Å². The van der Waals surface area contributed by atoms with Gasteiger partial charge in [0.15, 0.2) is 17.5 Å². The van der Waals surface area contributed by atoms with E-state index in [2.05, 4.69) is 145 Å². The van der Waals surface area contributed by atoms with E-state index in [1.54, 1.807) is 6.20 Å². The minimum Gasteiger partial charge on any atom is -0.264 e. The number of hydrogen-bond acceptors (Lipinski definition) is 5. The number of aromatic nitrogens is 4. The van der Waals surface area contributed by atoms with Crippen LogP contribution in [0.4, 0.5) is 0 Å². The monoisotopic (exact) mass is 795 g/mol. The molecule has 62 heavy (non-hydrogen) atoms. The smallest absolute Gasteiger partial charge is 0.164 e. The Hall–Kier alpha value is -7.81. The predicted molar refractivity (Wildman–Crippen MR) is 250 cm³/mol. The van der Waals surface area contributed by atoms with Crippen molar-refractivity contribution in [3.8, 4) is 95.9 Å². The van der Waals surface area contributed by atoms with Crippen molar-refractivity contribution in [3.63, 3.8) is 0 Å². The molecular formula is C57H41N5. The summed E-state index contributed by atoms with van der Waals surface area (Å²) in [6, 6.07) is 64.3. The van der Waals surface area contributed by atoms with E-state index in [0.717, 1.165) is 62.9 Å². The van der Waals surface area contributed by atoms with Gasteiger partial charge in [-0.15, -0.1) is 0 Å². The predicted octanol–water partition coefficient (Wildman–Crippen LogP) is 14.0. The number of pyridine rings is 1. The zero-order valence-electron chi connectivity index (χ0n) is 34.2. The zero-order valence-corrected chi connectivity index (χ0v) is 34.2. The van der Waals surface area contributed by atoms with Crippen LogP contribution in [0.25, 0.3) is 89.8 Å². The van der Waals surface area contributed by atoms with Crippen LogP contribution < -0.4 is 0 Å². The summed E-state index contributed by atoms with van der Waals surface area (Å²) in [4.78, 5) is 19.3. The third-order valence-corrected chi connectivity index (χ3v) is 12.8. The van der Waals surface area contributed by atoms with Crippen LogP contribution in [-0.2, 0) is 5.41 Å². The van der Waals surface area contributed by atoms with Gasteiger partial charge in [-0.1, -0.05) is 153 Å². The Morgan fingerprint density at radius 1 is 0.387 bits per heavy atom. The maximum atomic E-state index is 9.74. The summed E-state index contributed by atoms with van der Waals surface area (Å²) in [5.74, 6) is 1.87. The van der Waals surface area contributed by atoms with Gasteiger partial charge in [-0.05, 0) is 122 Å². The van der Waals surface area contributed by atoms with Gasteiger partial charge in [0.2, 0.25) is 0 Å². The molecule has 1 saturated carbocycles. The lowest BCUT2D eigenvalue weighted by molar-refractivity contribution is 0.353. The number of fused-ring (bicyclic) bond motifs is 5. The van der Waals surface area contributed by atoms with Gasteiger partial charge in [-0.3, -0.25) is 4.98 Å². The Balaban J connectivity index is 0.923. The van der Waals surface area contributed by atoms with E-state index in [0.29, 0.717) is 17.5 Å². The first-order valence-electron chi connectivity index (χ1n) is 21.5. The average molecular weight is 796 g/mol. The van der Waals surface area contributed by atoms with Gasteiger partial charge in [0.25, 0.3) is 0 Å². The van der Waals surface area contributed by atoms with Crippen molar-refractivity contribution in [1.29, 1.82) is 5.26 Å². The fraction of sp³-hybridized carbons (Fsp3) is 0.105. The summed E-state index contributed by atoms with van der Waals surface area (Å²) in [6.07, 6.45) is 9.70. The van der Waals surface area contributed by atoms with E-state index in [1.807, 2.05) is 48.7 Å². The van der Waals surface area contributed by atoms with Gasteiger partial charge in [0, 0.05) is 34.5 Å². The van der Waals surface area contributed by atoms with E-state index < -0.39 is 0 Å². The highest BCUT2D eigenvalue weighted by Gasteiger charge is 2.44. The van der Waals surface area contributed by atoms with Crippen LogP contribution >= 0.6 is 0 Å². The molecule has 2 aromatic heterocycles. The van der Waals surface area contributed by atoms with E-state index in [-0.39, 0.29) is 5.41 Å². The Morgan fingerprint density at radius 3 is 1.52 bits per heavy atom. The quantitative estimate of drug-likeness (QED) is 0.161. The maximum Gasteiger partial charge on any atom is 0.164 e. The molecule has 0 N–H and O–H groups in total. The van der Waals surface area contributed by atoms with Gasteiger partial charge in [-0.25, -0.2) is 15.0 Å². The highest BCUT2D eigenvalue weighted by atomic mass is 15.0. The van der Waals surface area contributed by atoms with Crippen LogP contribution in [0.15, 0.2) is 188 Å². The van der Waals surface area contributed by atoms with Crippen molar-refractivity contribution in [2.45, 2.75) is 37.5 Å². The van der Waals surface area contributed by atoms with Crippen molar-refractivity contribution in [2.75, 3.05) is 0 Å². The summed E-state index contributed by atoms with van der Waals surface area (Å²) < 4.78 is 0. The van der Waals surface area contributed by atoms with Crippen LogP contribution in [0.5, 0.6) is 0 Å². The first kappa shape index (κ1) is 37.2. The van der Waals surface area contributed by atoms with Gasteiger partial charge in [0.1, 0.15) is 0 Å². The first-order chi connectivity index (χ1) is 30.6. The SMILES string of the molecule is N#Cc1ccc2c(c1)-c1ccc(-c3cccc(-c4cccc(-c5cccc(-c6nc(-c7ccccc7)nc(-c7ccc(-c8cccnc8)cc7)n6)c5)c4)c3)cc1C21CCCCC1. The third-order valence-electron chi connectivity index (χ3n) is 12.8. The molecule has 2 aliphatic carbocycles. The molecule has 1 spiro atoms. The van der Waals surface area contributed by atoms with E-state index in [4.69, 9.17) is 15.0 Å². The highest BCUT2D eigenvalue weighted by molar-refractivity contribution is 5.86. The third kappa shape index (κ3) is 6.76. The minimum atomic E-state index is 0.0195. The first-order valence-corrected chi connectivity index (χ1v) is 21.5. The number of nitriles is 1. The van der Waals surface area contributed by atoms with E-state index >= 15 is 0 Å². The Kier molecular flexibility index (Phi) is 9.40. The van der Waals surface area contributed by atoms with Crippen molar-refractivity contribution in [3.05, 3.63) is 205 Å². The molecule has 294 valence electrons. The molecule has 0 aliphatic heterocycles. The average Bonchev–Trinajstić information content (AvgIpc) is 3.61. The van der Waals surface area contributed by atoms with Crippen LogP contribution in [0, 0.1) is 11.3 Å². The Morgan fingerprint density at radius 2 is 0.903 bits per heavy atom. The highest BCUT2D eigenvalue weighted by Crippen LogP contribution is 2.56. The lowest BCUT2D eigenvalue weighted by atomic mass is 9.67. The topological polar surface area (TPSA) is 75.3 Å². The largest absolute Gasteiger partial charge is 0.264 e. The van der Waals surface area contributed by atoms with Crippen molar-refractivity contribution >= 4 is 0 Å². The molecule has 11 rings (SSSR count). The summed E-state index contributed by atoms with van der Waals surface area (Å²) in [7, 11) is 0. The van der Waals surface area contributed by atoms with Crippen molar-refractivity contribution in [2.24, 2.45) is 0 Å². The molecule has 0 unspecified atom stereocenters. The minimum absolute atomic E-state index is 0.0195. The molecule has 9 aromatic rings.